The van der Waals surface area contributed by atoms with E-state index in [1.54, 1.807) is 23.0 Å². The number of anilines is 2. The van der Waals surface area contributed by atoms with Gasteiger partial charge in [0.1, 0.15) is 11.6 Å². The first-order valence-electron chi connectivity index (χ1n) is 9.76. The van der Waals surface area contributed by atoms with Gasteiger partial charge in [0.25, 0.3) is 0 Å². The van der Waals surface area contributed by atoms with Gasteiger partial charge in [0, 0.05) is 30.8 Å². The zero-order chi connectivity index (χ0) is 19.5. The molecule has 2 fully saturated rings. The van der Waals surface area contributed by atoms with Crippen LogP contribution in [0.3, 0.4) is 0 Å². The molecular weight excluding hydrogens is 361 g/mol. The summed E-state index contributed by atoms with van der Waals surface area (Å²) in [6.45, 7) is 1.43. The molecule has 1 aromatic carbocycles. The predicted molar refractivity (Wildman–Crippen MR) is 103 cm³/mol. The molecule has 1 aromatic heterocycles. The van der Waals surface area contributed by atoms with Crippen molar-refractivity contribution in [2.45, 2.75) is 38.1 Å². The van der Waals surface area contributed by atoms with Crippen molar-refractivity contribution in [3.8, 4) is 0 Å². The summed E-state index contributed by atoms with van der Waals surface area (Å²) in [7, 11) is 0. The molecule has 4 rings (SSSR count). The van der Waals surface area contributed by atoms with Crippen LogP contribution in [0, 0.1) is 11.7 Å². The van der Waals surface area contributed by atoms with Crippen molar-refractivity contribution >= 4 is 23.4 Å². The van der Waals surface area contributed by atoms with E-state index in [0.717, 1.165) is 45.2 Å². The summed E-state index contributed by atoms with van der Waals surface area (Å²) in [5, 5.41) is 9.75. The zero-order valence-electron chi connectivity index (χ0n) is 15.6. The number of benzene rings is 1. The lowest BCUT2D eigenvalue weighted by Gasteiger charge is -2.36. The van der Waals surface area contributed by atoms with E-state index in [2.05, 4.69) is 15.7 Å². The molecule has 7 nitrogen and oxygen atoms in total. The van der Waals surface area contributed by atoms with E-state index in [1.807, 2.05) is 4.90 Å². The van der Waals surface area contributed by atoms with Gasteiger partial charge in [-0.15, -0.1) is 0 Å². The number of piperidine rings is 1. The van der Waals surface area contributed by atoms with Crippen LogP contribution in [0.15, 0.2) is 36.5 Å². The Hall–Kier alpha value is -2.90. The molecule has 0 unspecified atom stereocenters. The molecular formula is C20H24FN5O2. The van der Waals surface area contributed by atoms with Crippen LogP contribution in [0.4, 0.5) is 20.7 Å². The van der Waals surface area contributed by atoms with Crippen LogP contribution in [-0.4, -0.2) is 39.7 Å². The fourth-order valence-corrected chi connectivity index (χ4v) is 3.79. The van der Waals surface area contributed by atoms with E-state index in [9.17, 15) is 14.0 Å². The average Bonchev–Trinajstić information content (AvgIpc) is 3.08. The van der Waals surface area contributed by atoms with Crippen LogP contribution in [0.1, 0.15) is 38.1 Å². The van der Waals surface area contributed by atoms with Gasteiger partial charge < -0.3 is 10.2 Å². The van der Waals surface area contributed by atoms with Crippen LogP contribution in [0.5, 0.6) is 0 Å². The van der Waals surface area contributed by atoms with E-state index in [4.69, 9.17) is 0 Å². The normalized spacial score (nSPS) is 17.8. The third kappa shape index (κ3) is 4.00. The third-order valence-electron chi connectivity index (χ3n) is 5.57. The summed E-state index contributed by atoms with van der Waals surface area (Å²) in [5.41, 5.74) is 0.381. The minimum absolute atomic E-state index is 0.130. The highest BCUT2D eigenvalue weighted by atomic mass is 19.1. The van der Waals surface area contributed by atoms with Gasteiger partial charge in [-0.1, -0.05) is 12.5 Å². The number of urea groups is 1. The maximum atomic E-state index is 13.3. The molecule has 0 radical (unpaired) electrons. The van der Waals surface area contributed by atoms with Crippen molar-refractivity contribution in [1.29, 1.82) is 0 Å². The number of amides is 3. The highest BCUT2D eigenvalue weighted by molar-refractivity contribution is 5.99. The molecule has 28 heavy (non-hydrogen) atoms. The number of nitrogens with zero attached hydrogens (tertiary/aromatic N) is 3. The Labute approximate surface area is 162 Å². The Morgan fingerprint density at radius 2 is 1.86 bits per heavy atom. The Balaban J connectivity index is 1.34. The zero-order valence-corrected chi connectivity index (χ0v) is 15.6. The van der Waals surface area contributed by atoms with Gasteiger partial charge in [-0.05, 0) is 43.9 Å². The summed E-state index contributed by atoms with van der Waals surface area (Å²) < 4.78 is 15.1. The number of nitrogens with one attached hydrogen (secondary N) is 2. The Kier molecular flexibility index (Phi) is 5.27. The van der Waals surface area contributed by atoms with Crippen LogP contribution in [0.2, 0.25) is 0 Å². The molecule has 0 spiro atoms. The molecule has 0 bridgehead atoms. The molecule has 2 aliphatic rings. The highest BCUT2D eigenvalue weighted by Crippen LogP contribution is 2.31. The predicted octanol–water partition coefficient (Wildman–Crippen LogP) is 3.63. The van der Waals surface area contributed by atoms with E-state index in [1.165, 1.54) is 18.2 Å². The van der Waals surface area contributed by atoms with Crippen LogP contribution in [-0.2, 0) is 4.79 Å². The number of aromatic nitrogens is 2. The first-order valence-corrected chi connectivity index (χ1v) is 9.76. The summed E-state index contributed by atoms with van der Waals surface area (Å²) in [5.74, 6) is 0.687. The Morgan fingerprint density at radius 1 is 1.07 bits per heavy atom. The summed E-state index contributed by atoms with van der Waals surface area (Å²) in [6.07, 6.45) is 6.45. The van der Waals surface area contributed by atoms with E-state index in [0.29, 0.717) is 11.5 Å². The minimum atomic E-state index is -0.454. The maximum absolute atomic E-state index is 13.3. The molecule has 0 atom stereocenters. The molecule has 2 heterocycles. The van der Waals surface area contributed by atoms with Crippen molar-refractivity contribution in [1.82, 2.24) is 14.7 Å². The Bertz CT molecular complexity index is 856. The lowest BCUT2D eigenvalue weighted by atomic mass is 9.84. The molecule has 148 valence electrons. The van der Waals surface area contributed by atoms with Crippen LogP contribution < -0.4 is 10.6 Å². The first kappa shape index (κ1) is 18.5. The summed E-state index contributed by atoms with van der Waals surface area (Å²) in [6, 6.07) is 7.14. The van der Waals surface area contributed by atoms with Crippen molar-refractivity contribution < 1.29 is 14.0 Å². The van der Waals surface area contributed by atoms with Gasteiger partial charge in [-0.25, -0.2) is 13.9 Å². The van der Waals surface area contributed by atoms with Crippen LogP contribution >= 0.6 is 0 Å². The quantitative estimate of drug-likeness (QED) is 0.843. The minimum Gasteiger partial charge on any atom is -0.342 e. The smallest absolute Gasteiger partial charge is 0.324 e. The molecule has 8 heteroatoms. The molecule has 1 aliphatic carbocycles. The first-order chi connectivity index (χ1) is 13.6. The number of carbonyl (C=O) groups excluding carboxylic acids is 2. The van der Waals surface area contributed by atoms with Crippen LogP contribution in [0.25, 0.3) is 0 Å². The van der Waals surface area contributed by atoms with E-state index >= 15 is 0 Å². The molecule has 1 saturated heterocycles. The van der Waals surface area contributed by atoms with E-state index < -0.39 is 11.8 Å². The number of carbonyl (C=O) groups is 2. The van der Waals surface area contributed by atoms with Crippen molar-refractivity contribution in [3.63, 3.8) is 0 Å². The largest absolute Gasteiger partial charge is 0.342 e. The second-order valence-electron chi connectivity index (χ2n) is 7.43. The maximum Gasteiger partial charge on any atom is 0.324 e. The Morgan fingerprint density at radius 3 is 2.54 bits per heavy atom. The second-order valence-corrected chi connectivity index (χ2v) is 7.43. The summed E-state index contributed by atoms with van der Waals surface area (Å²) in [4.78, 5) is 26.6. The number of halogens is 1. The average molecular weight is 385 g/mol. The standard InChI is InChI=1S/C20H24FN5O2/c21-15-5-2-6-16(13-15)23-20(28)24-18-7-10-22-26(18)17-8-11-25(12-9-17)19(27)14-3-1-4-14/h2,5-7,10,13-14,17H,1,3-4,8-9,11-12H2,(H2,23,24,28). The lowest BCUT2D eigenvalue weighted by Crippen LogP contribution is -2.44. The second kappa shape index (κ2) is 8.00. The number of hydrogen-bond donors (Lipinski definition) is 2. The van der Waals surface area contributed by atoms with Gasteiger partial charge in [-0.2, -0.15) is 5.10 Å². The summed E-state index contributed by atoms with van der Waals surface area (Å²) >= 11 is 0. The monoisotopic (exact) mass is 385 g/mol. The van der Waals surface area contributed by atoms with Gasteiger partial charge in [0.05, 0.1) is 12.2 Å². The van der Waals surface area contributed by atoms with Gasteiger partial charge in [-0.3, -0.25) is 10.1 Å². The topological polar surface area (TPSA) is 79.3 Å². The lowest BCUT2D eigenvalue weighted by molar-refractivity contribution is -0.139. The number of rotatable bonds is 4. The number of hydrogen-bond acceptors (Lipinski definition) is 3. The van der Waals surface area contributed by atoms with Crippen molar-refractivity contribution in [2.75, 3.05) is 23.7 Å². The third-order valence-corrected chi connectivity index (χ3v) is 5.57. The molecule has 1 saturated carbocycles. The molecule has 3 amide bonds. The fourth-order valence-electron chi connectivity index (χ4n) is 3.79. The van der Waals surface area contributed by atoms with Gasteiger partial charge in [0.2, 0.25) is 5.91 Å². The number of likely N-dealkylation sites (tertiary alicyclic amines) is 1. The molecule has 2 N–H and O–H groups in total. The van der Waals surface area contributed by atoms with Gasteiger partial charge in [0.15, 0.2) is 0 Å². The SMILES string of the molecule is O=C(Nc1cccc(F)c1)Nc1ccnn1C1CCN(C(=O)C2CCC2)CC1. The fraction of sp³-hybridized carbons (Fsp3) is 0.450. The van der Waals surface area contributed by atoms with E-state index in [-0.39, 0.29) is 17.9 Å². The van der Waals surface area contributed by atoms with Gasteiger partial charge >= 0.3 is 6.03 Å². The molecule has 1 aliphatic heterocycles. The highest BCUT2D eigenvalue weighted by Gasteiger charge is 2.32. The molecule has 2 aromatic rings. The van der Waals surface area contributed by atoms with Crippen molar-refractivity contribution in [2.24, 2.45) is 5.92 Å². The van der Waals surface area contributed by atoms with Crippen molar-refractivity contribution in [3.05, 3.63) is 42.3 Å².